The number of nitrogens with zero attached hydrogens (tertiary/aromatic N) is 4. The molecule has 252 valence electrons. The van der Waals surface area contributed by atoms with Gasteiger partial charge < -0.3 is 25.3 Å². The minimum atomic E-state index is -0.116. The van der Waals surface area contributed by atoms with E-state index in [1.807, 2.05) is 0 Å². The predicted molar refractivity (Wildman–Crippen MR) is 208 cm³/mol. The van der Waals surface area contributed by atoms with Gasteiger partial charge in [-0.2, -0.15) is 0 Å². The van der Waals surface area contributed by atoms with Gasteiger partial charge in [-0.3, -0.25) is 9.69 Å². The van der Waals surface area contributed by atoms with Crippen molar-refractivity contribution in [2.45, 2.75) is 78.1 Å². The molecule has 0 atom stereocenters. The Morgan fingerprint density at radius 2 is 0.857 bits per heavy atom. The van der Waals surface area contributed by atoms with Gasteiger partial charge in [-0.25, -0.2) is 9.98 Å². The molecule has 0 heterocycles. The summed E-state index contributed by atoms with van der Waals surface area (Å²) in [6.45, 7) is 17.1. The van der Waals surface area contributed by atoms with Crippen molar-refractivity contribution in [1.29, 1.82) is 0 Å². The van der Waals surface area contributed by atoms with E-state index in [1.165, 1.54) is 73.6 Å². The minimum absolute atomic E-state index is 0. The van der Waals surface area contributed by atoms with E-state index in [1.54, 1.807) is 0 Å². The zero-order valence-electron chi connectivity index (χ0n) is 28.2. The summed E-state index contributed by atoms with van der Waals surface area (Å²) in [4.78, 5) is 16.1. The van der Waals surface area contributed by atoms with Crippen molar-refractivity contribution in [3.8, 4) is 11.1 Å². The Kier molecular flexibility index (Phi) is 16.9. The fourth-order valence-corrected chi connectivity index (χ4v) is 5.76. The minimum Gasteiger partial charge on any atom is -0.826 e. The summed E-state index contributed by atoms with van der Waals surface area (Å²) >= 11 is 8.74. The second-order valence-corrected chi connectivity index (χ2v) is 12.6. The number of benzene rings is 4. The number of aliphatic imine (C=N–C) groups is 2. The van der Waals surface area contributed by atoms with E-state index in [4.69, 9.17) is 23.1 Å². The van der Waals surface area contributed by atoms with Crippen molar-refractivity contribution < 1.29 is 16.5 Å². The largest absolute Gasteiger partial charge is 2.00 e. The maximum absolute atomic E-state index is 6.30. The Labute approximate surface area is 314 Å². The van der Waals surface area contributed by atoms with Crippen molar-refractivity contribution in [2.24, 2.45) is 9.98 Å². The van der Waals surface area contributed by atoms with Crippen LogP contribution in [0.25, 0.3) is 20.8 Å². The number of unbranched alkanes of at least 4 members (excludes halogenated alkanes) is 6. The zero-order chi connectivity index (χ0) is 34.1. The maximum Gasteiger partial charge on any atom is 2.00 e. The summed E-state index contributed by atoms with van der Waals surface area (Å²) in [5.74, 6) is 0. The number of aryl methyl sites for hydroxylation is 2. The van der Waals surface area contributed by atoms with E-state index < -0.39 is 0 Å². The Hall–Kier alpha value is -4.13. The first-order valence-electron chi connectivity index (χ1n) is 16.9. The normalized spacial score (nSPS) is 13.5. The maximum atomic E-state index is 6.30. The van der Waals surface area contributed by atoms with E-state index in [2.05, 4.69) is 146 Å². The average molecular weight is 726 g/mol. The first-order valence-corrected chi connectivity index (χ1v) is 17.7. The van der Waals surface area contributed by atoms with Crippen LogP contribution < -0.4 is 0 Å². The van der Waals surface area contributed by atoms with Crippen molar-refractivity contribution in [3.63, 3.8) is 0 Å². The van der Waals surface area contributed by atoms with E-state index in [-0.39, 0.29) is 26.5 Å². The van der Waals surface area contributed by atoms with Crippen LogP contribution >= 0.6 is 0 Å². The standard InChI is InChI=1S/C38H42N2.C4H2N2S2.Ni/c1-3-5-7-9-15-29-21-25-31(26-22-29)39-37-35-19-13-11-17-33(35)34-18-12-14-20-36(34)38(37)40-32-27-23-30(24-28-32)16-10-8-6-4-2;1-5-3(7)4(8)6-2;/h11-14,17-28H,3-10,15-16H2,1-2H3;7-8H;/q;;+2/p-2/b;4-3-;. The third-order valence-corrected chi connectivity index (χ3v) is 8.96. The number of hydrogen-bond acceptors (Lipinski definition) is 4. The van der Waals surface area contributed by atoms with Gasteiger partial charge in [0.25, 0.3) is 0 Å². The van der Waals surface area contributed by atoms with E-state index >= 15 is 0 Å². The molecule has 1 aliphatic rings. The van der Waals surface area contributed by atoms with Gasteiger partial charge in [-0.1, -0.05) is 125 Å². The van der Waals surface area contributed by atoms with Crippen molar-refractivity contribution in [3.05, 3.63) is 152 Å². The number of fused-ring (bicyclic) bond motifs is 3. The predicted octanol–water partition coefficient (Wildman–Crippen LogP) is 11.9. The first kappa shape index (κ1) is 39.3. The van der Waals surface area contributed by atoms with Gasteiger partial charge in [0, 0.05) is 21.2 Å². The molecule has 0 N–H and O–H groups in total. The van der Waals surface area contributed by atoms with Gasteiger partial charge in [0.1, 0.15) is 0 Å². The van der Waals surface area contributed by atoms with Crippen LogP contribution in [0, 0.1) is 13.1 Å². The molecule has 0 saturated heterocycles. The van der Waals surface area contributed by atoms with E-state index in [9.17, 15) is 0 Å². The van der Waals surface area contributed by atoms with Crippen LogP contribution in [-0.2, 0) is 54.6 Å². The number of hydrogen-bond donors (Lipinski definition) is 0. The monoisotopic (exact) mass is 724 g/mol. The molecule has 0 radical (unpaired) electrons. The molecule has 0 bridgehead atoms. The van der Waals surface area contributed by atoms with Crippen molar-refractivity contribution in [1.82, 2.24) is 0 Å². The van der Waals surface area contributed by atoms with Crippen LogP contribution in [-0.4, -0.2) is 11.4 Å². The summed E-state index contributed by atoms with van der Waals surface area (Å²) < 4.78 is 0. The molecule has 0 saturated carbocycles. The van der Waals surface area contributed by atoms with Crippen LogP contribution in [0.5, 0.6) is 0 Å². The molecule has 4 aromatic carbocycles. The van der Waals surface area contributed by atoms with Gasteiger partial charge >= 0.3 is 16.5 Å². The topological polar surface area (TPSA) is 33.4 Å². The summed E-state index contributed by atoms with van der Waals surface area (Å²) in [5, 5.41) is -0.231. The Balaban J connectivity index is 0.000000645. The molecule has 0 unspecified atom stereocenters. The third kappa shape index (κ3) is 11.5. The van der Waals surface area contributed by atoms with Gasteiger partial charge in [-0.15, -0.1) is 0 Å². The van der Waals surface area contributed by atoms with Crippen molar-refractivity contribution in [2.75, 3.05) is 0 Å². The molecule has 5 rings (SSSR count). The smallest absolute Gasteiger partial charge is 0.826 e. The van der Waals surface area contributed by atoms with Gasteiger partial charge in [0.15, 0.2) is 0 Å². The Morgan fingerprint density at radius 1 is 0.510 bits per heavy atom. The third-order valence-electron chi connectivity index (χ3n) is 8.26. The van der Waals surface area contributed by atoms with Crippen LogP contribution in [0.3, 0.4) is 0 Å². The molecule has 0 fully saturated rings. The van der Waals surface area contributed by atoms with Crippen molar-refractivity contribution >= 4 is 48.1 Å². The van der Waals surface area contributed by atoms with E-state index in [0.29, 0.717) is 0 Å². The van der Waals surface area contributed by atoms with Crippen LogP contribution in [0.4, 0.5) is 11.4 Å². The molecule has 0 aliphatic heterocycles. The molecule has 1 aliphatic carbocycles. The molecular weight excluding hydrogens is 683 g/mol. The van der Waals surface area contributed by atoms with Gasteiger partial charge in [0.05, 0.1) is 35.9 Å². The Bertz CT molecular complexity index is 1690. The van der Waals surface area contributed by atoms with E-state index in [0.717, 1.165) is 46.8 Å². The fraction of sp³-hybridized carbons (Fsp3) is 0.286. The van der Waals surface area contributed by atoms with Crippen LogP contribution in [0.2, 0.25) is 0 Å². The summed E-state index contributed by atoms with van der Waals surface area (Å²) in [6.07, 6.45) is 12.5. The molecular formula is C42H42N4NiS2. The molecule has 0 spiro atoms. The summed E-state index contributed by atoms with van der Waals surface area (Å²) in [6, 6.07) is 34.8. The SMILES string of the molecule is CCCCCCc1ccc(N=C2C(=Nc3ccc(CCCCCC)cc3)c3ccccc3-c3ccccc32)cc1.[C-]#[N+]/C([S-])=C(/[S-])[N+]#[C-].[Ni+2]. The average Bonchev–Trinajstić information content (AvgIpc) is 3.14. The summed E-state index contributed by atoms with van der Waals surface area (Å²) in [5.41, 5.74) is 11.3. The Morgan fingerprint density at radius 3 is 1.18 bits per heavy atom. The molecule has 4 nitrogen and oxygen atoms in total. The summed E-state index contributed by atoms with van der Waals surface area (Å²) in [7, 11) is 0. The quantitative estimate of drug-likeness (QED) is 0.0631. The molecule has 7 heteroatoms. The molecule has 0 aromatic heterocycles. The second kappa shape index (κ2) is 21.1. The van der Waals surface area contributed by atoms with Crippen LogP contribution in [0.15, 0.2) is 117 Å². The fourth-order valence-electron chi connectivity index (χ4n) is 5.67. The molecule has 0 amide bonds. The number of rotatable bonds is 12. The first-order chi connectivity index (χ1) is 23.5. The molecule has 49 heavy (non-hydrogen) atoms. The molecule has 4 aromatic rings. The zero-order valence-corrected chi connectivity index (χ0v) is 30.9. The van der Waals surface area contributed by atoms with Gasteiger partial charge in [0.2, 0.25) is 0 Å². The van der Waals surface area contributed by atoms with Crippen LogP contribution in [0.1, 0.15) is 87.5 Å². The van der Waals surface area contributed by atoms with Gasteiger partial charge in [-0.05, 0) is 72.2 Å². The second-order valence-electron chi connectivity index (χ2n) is 11.8.